The van der Waals surface area contributed by atoms with Gasteiger partial charge in [-0.15, -0.1) is 6.42 Å². The maximum atomic E-state index is 11.9. The number of nitrogens with zero attached hydrogens (tertiary/aromatic N) is 3. The molecule has 6 atom stereocenters. The Bertz CT molecular complexity index is 1240. The van der Waals surface area contributed by atoms with Gasteiger partial charge in [0.15, 0.2) is 5.60 Å². The zero-order valence-corrected chi connectivity index (χ0v) is 18.7. The van der Waals surface area contributed by atoms with Gasteiger partial charge in [-0.05, 0) is 6.07 Å². The van der Waals surface area contributed by atoms with E-state index in [1.807, 2.05) is 0 Å². The van der Waals surface area contributed by atoms with Gasteiger partial charge in [0, 0.05) is 11.8 Å². The Hall–Kier alpha value is -1.73. The highest BCUT2D eigenvalue weighted by atomic mass is 31.3. The first-order valence-electron chi connectivity index (χ1n) is 8.48. The molecule has 0 bridgehead atoms. The maximum absolute atomic E-state index is 11.9. The molecule has 2 aromatic rings. The lowest BCUT2D eigenvalue weighted by Gasteiger charge is -2.25. The Labute approximate surface area is 184 Å². The summed E-state index contributed by atoms with van der Waals surface area (Å²) in [5, 5.41) is 20.9. The van der Waals surface area contributed by atoms with Gasteiger partial charge in [0.05, 0.1) is 6.61 Å². The zero-order valence-electron chi connectivity index (χ0n) is 16.1. The number of nitrogen functional groups attached to an aromatic ring is 1. The molecule has 1 fully saturated rings. The van der Waals surface area contributed by atoms with Crippen LogP contribution in [0, 0.1) is 12.3 Å². The summed E-state index contributed by atoms with van der Waals surface area (Å²) in [5.74, 6) is 2.23. The average Bonchev–Trinajstić information content (AvgIpc) is 3.20. The summed E-state index contributed by atoms with van der Waals surface area (Å²) in [7, 11) is -16.8. The van der Waals surface area contributed by atoms with E-state index in [1.165, 1.54) is 23.0 Å². The predicted molar refractivity (Wildman–Crippen MR) is 105 cm³/mol. The molecule has 3 rings (SSSR count). The van der Waals surface area contributed by atoms with Crippen LogP contribution in [0.3, 0.4) is 0 Å². The molecular weight excluding hydrogens is 513 g/mol. The Morgan fingerprint density at radius 2 is 1.85 bits per heavy atom. The third-order valence-corrected chi connectivity index (χ3v) is 8.15. The largest absolute Gasteiger partial charge is 0.490 e. The molecule has 0 aromatic carbocycles. The molecule has 2 unspecified atom stereocenters. The van der Waals surface area contributed by atoms with Crippen LogP contribution in [0.25, 0.3) is 5.65 Å². The van der Waals surface area contributed by atoms with Gasteiger partial charge in [0.2, 0.25) is 5.95 Å². The third-order valence-electron chi connectivity index (χ3n) is 4.35. The predicted octanol–water partition coefficient (Wildman–Crippen LogP) is -1.40. The van der Waals surface area contributed by atoms with E-state index < -0.39 is 54.0 Å². The van der Waals surface area contributed by atoms with Crippen LogP contribution in [-0.2, 0) is 37.2 Å². The summed E-state index contributed by atoms with van der Waals surface area (Å²) in [6.45, 7) is -1.03. The van der Waals surface area contributed by atoms with Crippen LogP contribution in [0.15, 0.2) is 18.6 Å². The molecule has 8 N–H and O–H groups in total. The van der Waals surface area contributed by atoms with Crippen LogP contribution in [0.5, 0.6) is 0 Å². The van der Waals surface area contributed by atoms with E-state index in [9.17, 15) is 28.8 Å². The van der Waals surface area contributed by atoms with Crippen molar-refractivity contribution in [1.29, 1.82) is 0 Å². The monoisotopic (exact) mass is 530 g/mol. The first kappa shape index (κ1) is 25.9. The molecule has 0 amide bonds. The molecule has 0 spiro atoms. The number of rotatable bonds is 8. The summed E-state index contributed by atoms with van der Waals surface area (Å²) in [5.41, 5.74) is 4.13. The first-order valence-corrected chi connectivity index (χ1v) is 13.0. The lowest BCUT2D eigenvalue weighted by molar-refractivity contribution is -0.0590. The minimum Gasteiger partial charge on any atom is -0.387 e. The number of terminal acetylenes is 1. The minimum absolute atomic E-state index is 0.0238. The number of phosphoric ester groups is 1. The van der Waals surface area contributed by atoms with E-state index in [0.717, 1.165) is 0 Å². The molecule has 2 aromatic heterocycles. The molecule has 0 saturated carbocycles. The maximum Gasteiger partial charge on any atom is 0.490 e. The zero-order chi connectivity index (χ0) is 24.8. The normalized spacial score (nSPS) is 29.4. The molecule has 0 aliphatic carbocycles. The fourth-order valence-corrected chi connectivity index (χ4v) is 6.04. The van der Waals surface area contributed by atoms with Gasteiger partial charge >= 0.3 is 23.5 Å². The number of phosphoric acid groups is 3. The molecular formula is C13H17N4O13P3. The van der Waals surface area contributed by atoms with Crippen molar-refractivity contribution in [2.24, 2.45) is 0 Å². The van der Waals surface area contributed by atoms with E-state index >= 15 is 0 Å². The number of nitrogens with two attached hydrogens (primary N) is 1. The Morgan fingerprint density at radius 3 is 2.42 bits per heavy atom. The van der Waals surface area contributed by atoms with Crippen molar-refractivity contribution < 1.29 is 61.4 Å². The van der Waals surface area contributed by atoms with Crippen molar-refractivity contribution in [1.82, 2.24) is 14.4 Å². The van der Waals surface area contributed by atoms with Crippen molar-refractivity contribution in [3.05, 3.63) is 24.2 Å². The molecule has 1 saturated heterocycles. The minimum atomic E-state index is -5.74. The molecule has 0 radical (unpaired) electrons. The highest BCUT2D eigenvalue weighted by Crippen LogP contribution is 2.66. The van der Waals surface area contributed by atoms with Crippen molar-refractivity contribution in [2.45, 2.75) is 23.9 Å². The van der Waals surface area contributed by atoms with Gasteiger partial charge in [0.1, 0.15) is 30.3 Å². The van der Waals surface area contributed by atoms with E-state index in [-0.39, 0.29) is 17.2 Å². The number of fused-ring (bicyclic) bond motifs is 1. The number of hydrogen-bond donors (Lipinski definition) is 7. The van der Waals surface area contributed by atoms with Crippen LogP contribution in [-0.4, -0.2) is 69.1 Å². The van der Waals surface area contributed by atoms with Crippen molar-refractivity contribution in [3.63, 3.8) is 0 Å². The second-order valence-electron chi connectivity index (χ2n) is 6.55. The second-order valence-corrected chi connectivity index (χ2v) is 11.0. The molecule has 1 aliphatic heterocycles. The van der Waals surface area contributed by atoms with Gasteiger partial charge in [0.25, 0.3) is 0 Å². The van der Waals surface area contributed by atoms with Crippen molar-refractivity contribution in [3.8, 4) is 12.3 Å². The molecule has 1 aliphatic rings. The number of aliphatic hydroxyl groups excluding tert-OH is 2. The number of hydrogen-bond acceptors (Lipinski definition) is 12. The van der Waals surface area contributed by atoms with Gasteiger partial charge in [-0.2, -0.15) is 8.62 Å². The van der Waals surface area contributed by atoms with Crippen molar-refractivity contribution >= 4 is 35.1 Å². The summed E-state index contributed by atoms with van der Waals surface area (Å²) >= 11 is 0. The van der Waals surface area contributed by atoms with Crippen LogP contribution < -0.4 is 5.73 Å². The molecule has 182 valence electrons. The topological polar surface area (TPSA) is 266 Å². The molecule has 33 heavy (non-hydrogen) atoms. The molecule has 20 heteroatoms. The number of anilines is 1. The highest BCUT2D eigenvalue weighted by Gasteiger charge is 2.55. The summed E-state index contributed by atoms with van der Waals surface area (Å²) in [6.07, 6.45) is 2.90. The Kier molecular flexibility index (Phi) is 6.91. The first-order chi connectivity index (χ1) is 15.1. The Morgan fingerprint density at radius 1 is 1.18 bits per heavy atom. The van der Waals surface area contributed by atoms with Crippen LogP contribution >= 0.6 is 23.5 Å². The number of aliphatic hydroxyl groups is 2. The smallest absolute Gasteiger partial charge is 0.387 e. The van der Waals surface area contributed by atoms with E-state index in [1.54, 1.807) is 0 Å². The highest BCUT2D eigenvalue weighted by molar-refractivity contribution is 7.66. The quantitative estimate of drug-likeness (QED) is 0.153. The van der Waals surface area contributed by atoms with E-state index in [2.05, 4.69) is 29.0 Å². The van der Waals surface area contributed by atoms with Gasteiger partial charge in [-0.25, -0.2) is 23.7 Å². The summed E-state index contributed by atoms with van der Waals surface area (Å²) in [6, 6.07) is 1.39. The number of aromatic nitrogens is 3. The van der Waals surface area contributed by atoms with Crippen LogP contribution in [0.4, 0.5) is 5.95 Å². The lowest BCUT2D eigenvalue weighted by Crippen LogP contribution is -2.39. The second kappa shape index (κ2) is 8.81. The summed E-state index contributed by atoms with van der Waals surface area (Å²) in [4.78, 5) is 43.5. The van der Waals surface area contributed by atoms with Crippen molar-refractivity contribution in [2.75, 3.05) is 12.3 Å². The Balaban J connectivity index is 1.78. The van der Waals surface area contributed by atoms with Gasteiger partial charge in [-0.3, -0.25) is 8.92 Å². The SMILES string of the molecule is C#C[C@@]1(c2cc3ncnc(N)n3c2)O[C@H](COP(=O)(O)OP(=O)(O)OP(=O)(O)O)[C@H](O)[C@H]1O. The molecule has 17 nitrogen and oxygen atoms in total. The van der Waals surface area contributed by atoms with Gasteiger partial charge in [-0.1, -0.05) is 5.92 Å². The van der Waals surface area contributed by atoms with E-state index in [4.69, 9.17) is 31.6 Å². The summed E-state index contributed by atoms with van der Waals surface area (Å²) < 4.78 is 52.4. The van der Waals surface area contributed by atoms with Crippen LogP contribution in [0.1, 0.15) is 5.56 Å². The third kappa shape index (κ3) is 5.51. The molecule has 3 heterocycles. The standard InChI is InChI=1S/C13H17N4O13P3/c1-2-13(7-3-9-15-6-16-12(14)17(9)4-7)11(19)10(18)8(28-13)5-27-32(23,24)30-33(25,26)29-31(20,21)22/h1,3-4,6,8,10-11,18-19H,5H2,(H,23,24)(H,25,26)(H2,14,15,16)(H2,20,21,22)/t8-,10+,11-,13+/m1/s1. The van der Waals surface area contributed by atoms with E-state index in [0.29, 0.717) is 0 Å². The van der Waals surface area contributed by atoms with Gasteiger partial charge < -0.3 is 40.3 Å². The fraction of sp³-hybridized carbons (Fsp3) is 0.385. The number of ether oxygens (including phenoxy) is 1. The van der Waals surface area contributed by atoms with Crippen LogP contribution in [0.2, 0.25) is 0 Å². The average molecular weight is 530 g/mol. The fourth-order valence-electron chi connectivity index (χ4n) is 3.01. The lowest BCUT2D eigenvalue weighted by atomic mass is 9.89.